The number of methoxy groups -OCH3 is 2. The number of unbranched alkanes of at least 4 members (excludes halogenated alkanes) is 7. The van der Waals surface area contributed by atoms with E-state index in [1.165, 1.54) is 32.1 Å². The van der Waals surface area contributed by atoms with Gasteiger partial charge in [-0.3, -0.25) is 23.9 Å². The second-order valence-electron chi connectivity index (χ2n) is 15.0. The molecule has 1 aliphatic rings. The lowest BCUT2D eigenvalue weighted by Crippen LogP contribution is -2.43. The summed E-state index contributed by atoms with van der Waals surface area (Å²) in [6.07, 6.45) is 2.88. The number of amides is 3. The lowest BCUT2D eigenvalue weighted by atomic mass is 9.80. The number of aromatic amines is 1. The SMILES string of the molecule is CCCCCCCCCCNC(=O)NCNC(=O)CCC(=O)O[C@@H]1C(F)[C@H](n2ccc(=O)[nH]c2=O)O[C@@H]1COC(c1ccccc1)(c1ccc(OC)cc1)c1ccc(OC)cc1. The molecule has 4 N–H and O–H groups in total. The van der Waals surface area contributed by atoms with Gasteiger partial charge in [-0.05, 0) is 47.4 Å². The molecule has 1 unspecified atom stereocenters. The summed E-state index contributed by atoms with van der Waals surface area (Å²) in [6, 6.07) is 24.5. The molecule has 0 bridgehead atoms. The van der Waals surface area contributed by atoms with Gasteiger partial charge in [0.05, 0.1) is 33.9 Å². The Morgan fingerprint density at radius 3 is 1.95 bits per heavy atom. The second kappa shape index (κ2) is 23.9. The van der Waals surface area contributed by atoms with E-state index in [1.54, 1.807) is 38.5 Å². The number of H-pyrrole nitrogens is 1. The van der Waals surface area contributed by atoms with Crippen molar-refractivity contribution in [3.8, 4) is 11.5 Å². The van der Waals surface area contributed by atoms with Crippen LogP contribution < -0.4 is 36.7 Å². The van der Waals surface area contributed by atoms with E-state index in [0.717, 1.165) is 36.1 Å². The molecule has 0 spiro atoms. The average molecular weight is 860 g/mol. The molecule has 16 heteroatoms. The molecule has 4 atom stereocenters. The van der Waals surface area contributed by atoms with Crippen molar-refractivity contribution in [3.05, 3.63) is 129 Å². The van der Waals surface area contributed by atoms with Crippen molar-refractivity contribution in [1.82, 2.24) is 25.5 Å². The van der Waals surface area contributed by atoms with Crippen LogP contribution in [0.25, 0.3) is 0 Å². The Bertz CT molecular complexity index is 2080. The smallest absolute Gasteiger partial charge is 0.330 e. The maximum Gasteiger partial charge on any atom is 0.330 e. The Morgan fingerprint density at radius 1 is 0.758 bits per heavy atom. The third-order valence-corrected chi connectivity index (χ3v) is 10.7. The number of esters is 1. The molecular weight excluding hydrogens is 802 g/mol. The highest BCUT2D eigenvalue weighted by Crippen LogP contribution is 2.43. The van der Waals surface area contributed by atoms with Crippen LogP contribution >= 0.6 is 0 Å². The summed E-state index contributed by atoms with van der Waals surface area (Å²) in [5, 5.41) is 7.85. The predicted octanol–water partition coefficient (Wildman–Crippen LogP) is 6.00. The zero-order valence-electron chi connectivity index (χ0n) is 35.6. The average Bonchev–Trinajstić information content (AvgIpc) is 3.59. The first-order valence-electron chi connectivity index (χ1n) is 21.2. The maximum absolute atomic E-state index is 16.6. The van der Waals surface area contributed by atoms with E-state index in [9.17, 15) is 24.0 Å². The molecule has 4 aromatic rings. The number of hydrogen-bond donors (Lipinski definition) is 4. The minimum Gasteiger partial charge on any atom is -0.497 e. The van der Waals surface area contributed by atoms with Gasteiger partial charge >= 0.3 is 17.7 Å². The fourth-order valence-corrected chi connectivity index (χ4v) is 7.36. The maximum atomic E-state index is 16.6. The molecule has 3 aromatic carbocycles. The molecule has 0 aliphatic carbocycles. The van der Waals surface area contributed by atoms with Gasteiger partial charge in [-0.2, -0.15) is 0 Å². The van der Waals surface area contributed by atoms with Gasteiger partial charge in [-0.1, -0.05) is 106 Å². The van der Waals surface area contributed by atoms with Crippen molar-refractivity contribution >= 4 is 17.9 Å². The Kier molecular flexibility index (Phi) is 18.1. The molecule has 1 fully saturated rings. The molecule has 0 saturated carbocycles. The number of alkyl halides is 1. The third kappa shape index (κ3) is 12.8. The van der Waals surface area contributed by atoms with Gasteiger partial charge in [0, 0.05) is 25.2 Å². The number of hydrogen-bond acceptors (Lipinski definition) is 10. The molecule has 15 nitrogen and oxygen atoms in total. The van der Waals surface area contributed by atoms with E-state index in [4.69, 9.17) is 23.7 Å². The van der Waals surface area contributed by atoms with Gasteiger partial charge in [0.2, 0.25) is 5.91 Å². The monoisotopic (exact) mass is 859 g/mol. The van der Waals surface area contributed by atoms with Crippen LogP contribution in [-0.2, 0) is 29.4 Å². The van der Waals surface area contributed by atoms with Gasteiger partial charge < -0.3 is 39.6 Å². The summed E-state index contributed by atoms with van der Waals surface area (Å²) in [7, 11) is 3.11. The molecule has 334 valence electrons. The highest BCUT2D eigenvalue weighted by atomic mass is 19.1. The van der Waals surface area contributed by atoms with E-state index in [2.05, 4.69) is 27.9 Å². The van der Waals surface area contributed by atoms with Crippen LogP contribution in [0.3, 0.4) is 0 Å². The lowest BCUT2D eigenvalue weighted by molar-refractivity contribution is -0.158. The third-order valence-electron chi connectivity index (χ3n) is 10.7. The van der Waals surface area contributed by atoms with Crippen LogP contribution in [-0.4, -0.2) is 79.9 Å². The molecular formula is C46H58FN5O10. The number of carbonyl (C=O) groups is 3. The molecule has 1 aromatic heterocycles. The number of nitrogens with one attached hydrogen (secondary N) is 4. The topological polar surface area (TPSA) is 188 Å². The number of ether oxygens (including phenoxy) is 5. The first-order chi connectivity index (χ1) is 30.1. The summed E-state index contributed by atoms with van der Waals surface area (Å²) in [6.45, 7) is 2.17. The van der Waals surface area contributed by atoms with Crippen molar-refractivity contribution < 1.29 is 42.5 Å². The van der Waals surface area contributed by atoms with Crippen LogP contribution in [0.2, 0.25) is 0 Å². The van der Waals surface area contributed by atoms with Crippen molar-refractivity contribution in [2.24, 2.45) is 0 Å². The fourth-order valence-electron chi connectivity index (χ4n) is 7.36. The summed E-state index contributed by atoms with van der Waals surface area (Å²) in [5.41, 5.74) is -0.928. The predicted molar refractivity (Wildman–Crippen MR) is 230 cm³/mol. The molecule has 1 saturated heterocycles. The van der Waals surface area contributed by atoms with Crippen LogP contribution in [0.4, 0.5) is 9.18 Å². The number of urea groups is 1. The zero-order chi connectivity index (χ0) is 44.3. The van der Waals surface area contributed by atoms with Gasteiger partial charge in [-0.15, -0.1) is 0 Å². The van der Waals surface area contributed by atoms with Crippen LogP contribution in [0.5, 0.6) is 11.5 Å². The van der Waals surface area contributed by atoms with E-state index < -0.39 is 65.8 Å². The minimum atomic E-state index is -2.11. The highest BCUT2D eigenvalue weighted by Gasteiger charge is 2.50. The number of carbonyl (C=O) groups excluding carboxylic acids is 3. The van der Waals surface area contributed by atoms with Gasteiger partial charge in [-0.25, -0.2) is 14.0 Å². The number of aromatic nitrogens is 2. The fraction of sp³-hybridized carbons (Fsp3) is 0.457. The number of rotatable bonds is 24. The normalized spacial score (nSPS) is 17.2. The Hall–Kier alpha value is -6.00. The Morgan fingerprint density at radius 2 is 1.35 bits per heavy atom. The standard InChI is InChI=1S/C46H58FN5O10/c1-4-5-6-7-8-9-10-14-28-48-44(56)50-31-49-38(53)25-26-40(55)62-42-37(61-43(41(42)47)52-29-27-39(54)51-45(52)57)30-60-46(32-15-12-11-13-16-32,33-17-21-35(58-2)22-18-33)34-19-23-36(59-3)24-20-34/h11-13,15-24,27,29,37,41-43H,4-10,14,25-26,28,30-31H2,1-3H3,(H,49,53)(H2,48,50,56)(H,51,54,57)/t37-,41?,42+,43-/m1/s1. The molecule has 3 amide bonds. The number of nitrogens with zero attached hydrogens (tertiary/aromatic N) is 1. The van der Waals surface area contributed by atoms with Crippen LogP contribution in [0, 0.1) is 0 Å². The second-order valence-corrected chi connectivity index (χ2v) is 15.0. The molecule has 5 rings (SSSR count). The lowest BCUT2D eigenvalue weighted by Gasteiger charge is -2.37. The van der Waals surface area contributed by atoms with Crippen molar-refractivity contribution in [1.29, 1.82) is 0 Å². The molecule has 62 heavy (non-hydrogen) atoms. The Balaban J connectivity index is 1.27. The number of halogens is 1. The summed E-state index contributed by atoms with van der Waals surface area (Å²) >= 11 is 0. The summed E-state index contributed by atoms with van der Waals surface area (Å²) in [5.74, 6) is -0.253. The van der Waals surface area contributed by atoms with Crippen molar-refractivity contribution in [2.75, 3.05) is 34.0 Å². The van der Waals surface area contributed by atoms with Crippen LogP contribution in [0.15, 0.2) is 101 Å². The summed E-state index contributed by atoms with van der Waals surface area (Å²) in [4.78, 5) is 64.9. The molecule has 2 heterocycles. The molecule has 1 aliphatic heterocycles. The first-order valence-corrected chi connectivity index (χ1v) is 21.2. The minimum absolute atomic E-state index is 0.166. The zero-order valence-corrected chi connectivity index (χ0v) is 35.6. The largest absolute Gasteiger partial charge is 0.497 e. The van der Waals surface area contributed by atoms with E-state index in [-0.39, 0.29) is 19.7 Å². The highest BCUT2D eigenvalue weighted by molar-refractivity contribution is 5.82. The quantitative estimate of drug-likeness (QED) is 0.0282. The van der Waals surface area contributed by atoms with Crippen LogP contribution in [0.1, 0.15) is 94.1 Å². The Labute approximate surface area is 360 Å². The first kappa shape index (κ1) is 47.1. The van der Waals surface area contributed by atoms with E-state index in [1.807, 2.05) is 54.6 Å². The molecule has 0 radical (unpaired) electrons. The summed E-state index contributed by atoms with van der Waals surface area (Å²) < 4.78 is 47.0. The van der Waals surface area contributed by atoms with Gasteiger partial charge in [0.15, 0.2) is 18.5 Å². The number of benzene rings is 3. The van der Waals surface area contributed by atoms with Gasteiger partial charge in [0.25, 0.3) is 5.56 Å². The van der Waals surface area contributed by atoms with E-state index in [0.29, 0.717) is 34.7 Å². The van der Waals surface area contributed by atoms with E-state index >= 15 is 4.39 Å². The van der Waals surface area contributed by atoms with Crippen molar-refractivity contribution in [2.45, 2.75) is 101 Å². The van der Waals surface area contributed by atoms with Gasteiger partial charge in [0.1, 0.15) is 23.2 Å². The van der Waals surface area contributed by atoms with Crippen molar-refractivity contribution in [3.63, 3.8) is 0 Å².